The van der Waals surface area contributed by atoms with Crippen LogP contribution in [0, 0.1) is 0 Å². The highest BCUT2D eigenvalue weighted by Crippen LogP contribution is 2.34. The molecule has 1 aliphatic heterocycles. The molecule has 0 bridgehead atoms. The third-order valence-corrected chi connectivity index (χ3v) is 4.57. The van der Waals surface area contributed by atoms with Crippen LogP contribution in [0.4, 0.5) is 5.69 Å². The van der Waals surface area contributed by atoms with Gasteiger partial charge in [0.15, 0.2) is 0 Å². The van der Waals surface area contributed by atoms with Crippen LogP contribution in [0.3, 0.4) is 0 Å². The predicted octanol–water partition coefficient (Wildman–Crippen LogP) is 3.72. The van der Waals surface area contributed by atoms with E-state index in [9.17, 15) is 0 Å². The minimum Gasteiger partial charge on any atom is -0.386 e. The standard InChI is InChI=1S/C20H25N3/c1-15(18-7-4-3-5-8-18)23-12-6-9-19-13-17(10-11-20(19)23)14-22-16(2)21/h3-5,7-8,10-11,13,15,22H,2,6,9,12,14,21H2,1H3. The van der Waals surface area contributed by atoms with Crippen molar-refractivity contribution in [3.8, 4) is 0 Å². The molecule has 0 aromatic heterocycles. The second kappa shape index (κ2) is 6.78. The van der Waals surface area contributed by atoms with Crippen LogP contribution in [0.1, 0.15) is 36.1 Å². The molecule has 3 N–H and O–H groups in total. The summed E-state index contributed by atoms with van der Waals surface area (Å²) in [5, 5.41) is 3.10. The van der Waals surface area contributed by atoms with Gasteiger partial charge in [0.1, 0.15) is 0 Å². The van der Waals surface area contributed by atoms with Gasteiger partial charge in [-0.1, -0.05) is 49.0 Å². The average molecular weight is 307 g/mol. The summed E-state index contributed by atoms with van der Waals surface area (Å²) < 4.78 is 0. The Balaban J connectivity index is 1.83. The molecule has 0 fully saturated rings. The summed E-state index contributed by atoms with van der Waals surface area (Å²) in [6.07, 6.45) is 2.34. The molecule has 120 valence electrons. The summed E-state index contributed by atoms with van der Waals surface area (Å²) in [4.78, 5) is 2.52. The highest BCUT2D eigenvalue weighted by Gasteiger charge is 2.22. The third kappa shape index (κ3) is 3.50. The molecule has 0 aliphatic carbocycles. The fourth-order valence-corrected chi connectivity index (χ4v) is 3.32. The fraction of sp³-hybridized carbons (Fsp3) is 0.300. The van der Waals surface area contributed by atoms with Gasteiger partial charge in [-0.05, 0) is 42.5 Å². The van der Waals surface area contributed by atoms with E-state index in [1.165, 1.54) is 28.8 Å². The number of nitrogens with one attached hydrogen (secondary N) is 1. The Bertz CT molecular complexity index is 679. The molecule has 0 radical (unpaired) electrons. The van der Waals surface area contributed by atoms with Crippen LogP contribution in [0.2, 0.25) is 0 Å². The van der Waals surface area contributed by atoms with E-state index in [1.54, 1.807) is 0 Å². The molecule has 23 heavy (non-hydrogen) atoms. The Hall–Kier alpha value is -2.42. The number of rotatable bonds is 5. The van der Waals surface area contributed by atoms with Crippen molar-refractivity contribution in [3.05, 3.63) is 77.6 Å². The van der Waals surface area contributed by atoms with Crippen molar-refractivity contribution in [1.29, 1.82) is 0 Å². The predicted molar refractivity (Wildman–Crippen MR) is 97.1 cm³/mol. The van der Waals surface area contributed by atoms with E-state index in [2.05, 4.69) is 72.3 Å². The Morgan fingerprint density at radius 2 is 2.04 bits per heavy atom. The van der Waals surface area contributed by atoms with Gasteiger partial charge < -0.3 is 16.0 Å². The molecule has 3 nitrogen and oxygen atoms in total. The molecule has 0 amide bonds. The molecule has 3 heteroatoms. The first kappa shape index (κ1) is 15.5. The Morgan fingerprint density at radius 1 is 1.26 bits per heavy atom. The van der Waals surface area contributed by atoms with E-state index >= 15 is 0 Å². The van der Waals surface area contributed by atoms with Crippen molar-refractivity contribution >= 4 is 5.69 Å². The number of aryl methyl sites for hydroxylation is 1. The lowest BCUT2D eigenvalue weighted by Gasteiger charge is -2.37. The maximum Gasteiger partial charge on any atom is 0.0888 e. The monoisotopic (exact) mass is 307 g/mol. The van der Waals surface area contributed by atoms with Gasteiger partial charge in [-0.3, -0.25) is 0 Å². The molecule has 2 aromatic rings. The van der Waals surface area contributed by atoms with Gasteiger partial charge in [0, 0.05) is 18.8 Å². The zero-order chi connectivity index (χ0) is 16.2. The average Bonchev–Trinajstić information content (AvgIpc) is 2.59. The van der Waals surface area contributed by atoms with Gasteiger partial charge in [-0.25, -0.2) is 0 Å². The van der Waals surface area contributed by atoms with E-state index in [4.69, 9.17) is 5.73 Å². The summed E-state index contributed by atoms with van der Waals surface area (Å²) in [6, 6.07) is 17.9. The highest BCUT2D eigenvalue weighted by atomic mass is 15.2. The maximum atomic E-state index is 5.59. The normalized spacial score (nSPS) is 14.9. The van der Waals surface area contributed by atoms with Crippen LogP contribution >= 0.6 is 0 Å². The first-order valence-corrected chi connectivity index (χ1v) is 8.27. The summed E-state index contributed by atoms with van der Waals surface area (Å²) >= 11 is 0. The first-order chi connectivity index (χ1) is 11.1. The molecule has 0 saturated heterocycles. The van der Waals surface area contributed by atoms with Gasteiger partial charge >= 0.3 is 0 Å². The first-order valence-electron chi connectivity index (χ1n) is 8.27. The molecule has 0 saturated carbocycles. The minimum atomic E-state index is 0.392. The molecule has 1 aliphatic rings. The fourth-order valence-electron chi connectivity index (χ4n) is 3.32. The van der Waals surface area contributed by atoms with E-state index in [0.717, 1.165) is 19.5 Å². The maximum absolute atomic E-state index is 5.59. The summed E-state index contributed by atoms with van der Waals surface area (Å²) in [7, 11) is 0. The second-order valence-corrected chi connectivity index (χ2v) is 6.23. The minimum absolute atomic E-state index is 0.392. The molecular formula is C20H25N3. The summed E-state index contributed by atoms with van der Waals surface area (Å²) in [5.74, 6) is 0.516. The number of benzene rings is 2. The highest BCUT2D eigenvalue weighted by molar-refractivity contribution is 5.58. The lowest BCUT2D eigenvalue weighted by Crippen LogP contribution is -2.32. The third-order valence-electron chi connectivity index (χ3n) is 4.57. The molecule has 2 aromatic carbocycles. The Kier molecular flexibility index (Phi) is 4.56. The number of hydrogen-bond donors (Lipinski definition) is 2. The molecule has 1 heterocycles. The van der Waals surface area contributed by atoms with Crippen molar-refractivity contribution in [3.63, 3.8) is 0 Å². The van der Waals surface area contributed by atoms with E-state index in [0.29, 0.717) is 11.9 Å². The van der Waals surface area contributed by atoms with E-state index in [1.807, 2.05) is 0 Å². The zero-order valence-corrected chi connectivity index (χ0v) is 13.8. The molecular weight excluding hydrogens is 282 g/mol. The molecule has 1 unspecified atom stereocenters. The number of fused-ring (bicyclic) bond motifs is 1. The number of nitrogens with zero attached hydrogens (tertiary/aromatic N) is 1. The Labute approximate surface area is 138 Å². The van der Waals surface area contributed by atoms with Crippen LogP contribution in [0.5, 0.6) is 0 Å². The number of hydrogen-bond acceptors (Lipinski definition) is 3. The SMILES string of the molecule is C=C(N)NCc1ccc2c(c1)CCCN2C(C)c1ccccc1. The van der Waals surface area contributed by atoms with Crippen LogP contribution in [0.25, 0.3) is 0 Å². The van der Waals surface area contributed by atoms with Crippen molar-refractivity contribution in [2.45, 2.75) is 32.4 Å². The van der Waals surface area contributed by atoms with Crippen molar-refractivity contribution < 1.29 is 0 Å². The van der Waals surface area contributed by atoms with Crippen LogP contribution in [-0.4, -0.2) is 6.54 Å². The number of anilines is 1. The van der Waals surface area contributed by atoms with Gasteiger partial charge in [0.05, 0.1) is 11.9 Å². The van der Waals surface area contributed by atoms with Crippen LogP contribution in [-0.2, 0) is 13.0 Å². The zero-order valence-electron chi connectivity index (χ0n) is 13.8. The van der Waals surface area contributed by atoms with E-state index in [-0.39, 0.29) is 0 Å². The van der Waals surface area contributed by atoms with Gasteiger partial charge in [0.2, 0.25) is 0 Å². The lowest BCUT2D eigenvalue weighted by atomic mass is 9.96. The molecule has 3 rings (SSSR count). The lowest BCUT2D eigenvalue weighted by molar-refractivity contribution is 0.615. The summed E-state index contributed by atoms with van der Waals surface area (Å²) in [5.41, 5.74) is 11.0. The summed E-state index contributed by atoms with van der Waals surface area (Å²) in [6.45, 7) is 7.82. The quantitative estimate of drug-likeness (QED) is 0.884. The van der Waals surface area contributed by atoms with Gasteiger partial charge in [-0.2, -0.15) is 0 Å². The van der Waals surface area contributed by atoms with Crippen molar-refractivity contribution in [2.24, 2.45) is 5.73 Å². The number of nitrogens with two attached hydrogens (primary N) is 1. The largest absolute Gasteiger partial charge is 0.386 e. The Morgan fingerprint density at radius 3 is 2.78 bits per heavy atom. The van der Waals surface area contributed by atoms with E-state index < -0.39 is 0 Å². The smallest absolute Gasteiger partial charge is 0.0888 e. The molecule has 1 atom stereocenters. The molecule has 0 spiro atoms. The van der Waals surface area contributed by atoms with Gasteiger partial charge in [0.25, 0.3) is 0 Å². The topological polar surface area (TPSA) is 41.3 Å². The van der Waals surface area contributed by atoms with Crippen molar-refractivity contribution in [1.82, 2.24) is 5.32 Å². The van der Waals surface area contributed by atoms with Crippen molar-refractivity contribution in [2.75, 3.05) is 11.4 Å². The van der Waals surface area contributed by atoms with Gasteiger partial charge in [-0.15, -0.1) is 0 Å². The van der Waals surface area contributed by atoms with Crippen LogP contribution in [0.15, 0.2) is 60.9 Å². The second-order valence-electron chi connectivity index (χ2n) is 6.23. The van der Waals surface area contributed by atoms with Crippen LogP contribution < -0.4 is 16.0 Å².